The Bertz CT molecular complexity index is 371. The Morgan fingerprint density at radius 3 is 2.79 bits per heavy atom. The number of aromatic amines is 1. The van der Waals surface area contributed by atoms with Gasteiger partial charge in [-0.25, -0.2) is 0 Å². The normalized spacial score (nSPS) is 22.6. The summed E-state index contributed by atoms with van der Waals surface area (Å²) in [6.07, 6.45) is 2.29. The molecule has 1 aliphatic rings. The van der Waals surface area contributed by atoms with Crippen LogP contribution in [0.5, 0.6) is 0 Å². The highest BCUT2D eigenvalue weighted by Crippen LogP contribution is 2.22. The van der Waals surface area contributed by atoms with E-state index in [4.69, 9.17) is 0 Å². The first-order chi connectivity index (χ1) is 6.70. The zero-order valence-electron chi connectivity index (χ0n) is 8.76. The highest BCUT2D eigenvalue weighted by molar-refractivity contribution is 5.21. The summed E-state index contributed by atoms with van der Waals surface area (Å²) >= 11 is 0. The van der Waals surface area contributed by atoms with Gasteiger partial charge in [0.1, 0.15) is 0 Å². The molecule has 14 heavy (non-hydrogen) atoms. The lowest BCUT2D eigenvalue weighted by atomic mass is 9.92. The lowest BCUT2D eigenvalue weighted by Gasteiger charge is -2.21. The predicted molar refractivity (Wildman–Crippen MR) is 55.6 cm³/mol. The Morgan fingerprint density at radius 1 is 1.50 bits per heavy atom. The topological polar surface area (TPSA) is 49.8 Å². The summed E-state index contributed by atoms with van der Waals surface area (Å²) in [5.74, 6) is 0.397. The summed E-state index contributed by atoms with van der Waals surface area (Å²) in [6, 6.07) is 0. The van der Waals surface area contributed by atoms with Gasteiger partial charge in [-0.1, -0.05) is 0 Å². The summed E-state index contributed by atoms with van der Waals surface area (Å²) in [5, 5.41) is 6.38. The molecule has 0 radical (unpaired) electrons. The molecule has 1 aromatic heterocycles. The van der Waals surface area contributed by atoms with Crippen LogP contribution in [-0.4, -0.2) is 22.9 Å². The lowest BCUT2D eigenvalue weighted by Crippen LogP contribution is -2.31. The Hall–Kier alpha value is -1.03. The first-order valence-corrected chi connectivity index (χ1v) is 5.16. The van der Waals surface area contributed by atoms with E-state index in [0.29, 0.717) is 5.92 Å². The third-order valence-electron chi connectivity index (χ3n) is 2.98. The van der Waals surface area contributed by atoms with Gasteiger partial charge in [-0.2, -0.15) is 0 Å². The second-order valence-electron chi connectivity index (χ2n) is 4.06. The molecule has 0 saturated carbocycles. The molecular formula is C10H17N3O. The fourth-order valence-electron chi connectivity index (χ4n) is 2.28. The number of H-pyrrole nitrogens is 1. The van der Waals surface area contributed by atoms with Crippen molar-refractivity contribution in [2.45, 2.75) is 25.7 Å². The van der Waals surface area contributed by atoms with E-state index in [2.05, 4.69) is 10.4 Å². The maximum absolute atomic E-state index is 11.8. The van der Waals surface area contributed by atoms with Gasteiger partial charge < -0.3 is 5.32 Å². The highest BCUT2D eigenvalue weighted by Gasteiger charge is 2.21. The zero-order chi connectivity index (χ0) is 10.1. The minimum atomic E-state index is 0.135. The molecule has 2 rings (SSSR count). The first-order valence-electron chi connectivity index (χ1n) is 5.16. The molecule has 1 saturated heterocycles. The molecule has 0 bridgehead atoms. The zero-order valence-corrected chi connectivity index (χ0v) is 8.76. The first kappa shape index (κ1) is 9.52. The van der Waals surface area contributed by atoms with Crippen LogP contribution in [0, 0.1) is 6.92 Å². The molecule has 1 unspecified atom stereocenters. The van der Waals surface area contributed by atoms with Crippen molar-refractivity contribution in [3.63, 3.8) is 0 Å². The Kier molecular flexibility index (Phi) is 2.46. The summed E-state index contributed by atoms with van der Waals surface area (Å²) in [6.45, 7) is 4.00. The van der Waals surface area contributed by atoms with Crippen molar-refractivity contribution in [1.82, 2.24) is 15.1 Å². The average Bonchev–Trinajstić information content (AvgIpc) is 2.43. The van der Waals surface area contributed by atoms with Crippen LogP contribution in [0.4, 0.5) is 0 Å². The molecule has 0 amide bonds. The second kappa shape index (κ2) is 3.61. The van der Waals surface area contributed by atoms with Crippen LogP contribution in [0.1, 0.15) is 30.0 Å². The molecule has 0 spiro atoms. The summed E-state index contributed by atoms with van der Waals surface area (Å²) < 4.78 is 1.57. The van der Waals surface area contributed by atoms with E-state index in [1.807, 2.05) is 6.92 Å². The van der Waals surface area contributed by atoms with E-state index in [1.165, 1.54) is 6.42 Å². The number of rotatable bonds is 1. The molecule has 1 aromatic rings. The SMILES string of the molecule is Cc1[nH]n(C)c(=O)c1C1CCCNC1. The van der Waals surface area contributed by atoms with Crippen molar-refractivity contribution >= 4 is 0 Å². The van der Waals surface area contributed by atoms with E-state index in [-0.39, 0.29) is 5.56 Å². The summed E-state index contributed by atoms with van der Waals surface area (Å²) in [7, 11) is 1.77. The number of hydrogen-bond donors (Lipinski definition) is 2. The van der Waals surface area contributed by atoms with Crippen LogP contribution in [0.3, 0.4) is 0 Å². The van der Waals surface area contributed by atoms with Crippen molar-refractivity contribution in [1.29, 1.82) is 0 Å². The molecule has 2 N–H and O–H groups in total. The number of aromatic nitrogens is 2. The summed E-state index contributed by atoms with van der Waals surface area (Å²) in [4.78, 5) is 11.8. The number of piperidine rings is 1. The van der Waals surface area contributed by atoms with Gasteiger partial charge in [0.25, 0.3) is 5.56 Å². The van der Waals surface area contributed by atoms with E-state index < -0.39 is 0 Å². The predicted octanol–water partition coefficient (Wildman–Crippen LogP) is 0.489. The number of aryl methyl sites for hydroxylation is 2. The minimum absolute atomic E-state index is 0.135. The molecule has 1 fully saturated rings. The number of nitrogens with zero attached hydrogens (tertiary/aromatic N) is 1. The molecular weight excluding hydrogens is 178 g/mol. The van der Waals surface area contributed by atoms with Crippen LogP contribution in [-0.2, 0) is 7.05 Å². The van der Waals surface area contributed by atoms with E-state index in [1.54, 1.807) is 11.7 Å². The van der Waals surface area contributed by atoms with Crippen molar-refractivity contribution < 1.29 is 0 Å². The smallest absolute Gasteiger partial charge is 0.269 e. The molecule has 4 heteroatoms. The number of hydrogen-bond acceptors (Lipinski definition) is 2. The third-order valence-corrected chi connectivity index (χ3v) is 2.98. The molecule has 0 aromatic carbocycles. The second-order valence-corrected chi connectivity index (χ2v) is 4.06. The van der Waals surface area contributed by atoms with Gasteiger partial charge in [-0.3, -0.25) is 14.6 Å². The van der Waals surface area contributed by atoms with Crippen molar-refractivity contribution in [3.8, 4) is 0 Å². The van der Waals surface area contributed by atoms with Crippen molar-refractivity contribution in [2.75, 3.05) is 13.1 Å². The Morgan fingerprint density at radius 2 is 2.29 bits per heavy atom. The fourth-order valence-corrected chi connectivity index (χ4v) is 2.28. The standard InChI is InChI=1S/C10H17N3O/c1-7-9(10(14)13(2)12-7)8-4-3-5-11-6-8/h8,11-12H,3-6H2,1-2H3. The maximum Gasteiger partial charge on any atom is 0.269 e. The third kappa shape index (κ3) is 1.50. The molecule has 78 valence electrons. The highest BCUT2D eigenvalue weighted by atomic mass is 16.1. The van der Waals surface area contributed by atoms with Gasteiger partial charge in [0.05, 0.1) is 0 Å². The average molecular weight is 195 g/mol. The van der Waals surface area contributed by atoms with Gasteiger partial charge in [-0.15, -0.1) is 0 Å². The van der Waals surface area contributed by atoms with Gasteiger partial charge in [0, 0.05) is 30.8 Å². The van der Waals surface area contributed by atoms with Crippen LogP contribution < -0.4 is 10.9 Å². The monoisotopic (exact) mass is 195 g/mol. The van der Waals surface area contributed by atoms with Crippen LogP contribution in [0.2, 0.25) is 0 Å². The number of nitrogens with one attached hydrogen (secondary N) is 2. The van der Waals surface area contributed by atoms with Gasteiger partial charge in [0.2, 0.25) is 0 Å². The van der Waals surface area contributed by atoms with Crippen LogP contribution >= 0.6 is 0 Å². The van der Waals surface area contributed by atoms with Gasteiger partial charge in [-0.05, 0) is 26.3 Å². The fraction of sp³-hybridized carbons (Fsp3) is 0.700. The Labute approximate surface area is 83.3 Å². The minimum Gasteiger partial charge on any atom is -0.316 e. The quantitative estimate of drug-likeness (QED) is 0.685. The lowest BCUT2D eigenvalue weighted by molar-refractivity contribution is 0.458. The molecule has 2 heterocycles. The van der Waals surface area contributed by atoms with E-state index in [0.717, 1.165) is 30.8 Å². The van der Waals surface area contributed by atoms with Gasteiger partial charge >= 0.3 is 0 Å². The van der Waals surface area contributed by atoms with Crippen molar-refractivity contribution in [2.24, 2.45) is 7.05 Å². The molecule has 1 aliphatic heterocycles. The van der Waals surface area contributed by atoms with E-state index >= 15 is 0 Å². The maximum atomic E-state index is 11.8. The Balaban J connectivity index is 2.34. The van der Waals surface area contributed by atoms with E-state index in [9.17, 15) is 4.79 Å². The largest absolute Gasteiger partial charge is 0.316 e. The molecule has 1 atom stereocenters. The van der Waals surface area contributed by atoms with Crippen molar-refractivity contribution in [3.05, 3.63) is 21.6 Å². The molecule has 4 nitrogen and oxygen atoms in total. The van der Waals surface area contributed by atoms with Crippen LogP contribution in [0.15, 0.2) is 4.79 Å². The van der Waals surface area contributed by atoms with Gasteiger partial charge in [0.15, 0.2) is 0 Å². The summed E-state index contributed by atoms with van der Waals surface area (Å²) in [5.41, 5.74) is 2.13. The molecule has 0 aliphatic carbocycles. The van der Waals surface area contributed by atoms with Crippen LogP contribution in [0.25, 0.3) is 0 Å².